The summed E-state index contributed by atoms with van der Waals surface area (Å²) >= 11 is 0. The van der Waals surface area contributed by atoms with Gasteiger partial charge in [-0.05, 0) is 45.4 Å². The van der Waals surface area contributed by atoms with Gasteiger partial charge in [0.15, 0.2) is 5.82 Å². The number of hydrogen-bond acceptors (Lipinski definition) is 6. The Hall–Kier alpha value is -3.14. The van der Waals surface area contributed by atoms with E-state index in [1.807, 2.05) is 11.8 Å². The Morgan fingerprint density at radius 1 is 1.34 bits per heavy atom. The molecule has 0 radical (unpaired) electrons. The smallest absolute Gasteiger partial charge is 0.320 e. The third-order valence-electron chi connectivity index (χ3n) is 6.42. The standard InChI is InChI=1S/C22H31N7O3/c1-14-11-28-9-5-6-16(28)12-29(14)22(31)27(3)13-18-15(2)25-26-20(18)24-21(30)19-8-7-17(32-4)10-23-19/h7-8,10,14,16H,5-6,9,11-13H2,1-4H3,(H2,24,25,26,30)/t14-,16-/m0/s1. The highest BCUT2D eigenvalue weighted by Gasteiger charge is 2.37. The molecule has 2 aromatic heterocycles. The number of rotatable bonds is 5. The number of pyridine rings is 1. The Bertz CT molecular complexity index is 974. The molecule has 2 fully saturated rings. The van der Waals surface area contributed by atoms with Crippen LogP contribution in [0, 0.1) is 6.92 Å². The molecule has 2 aromatic rings. The van der Waals surface area contributed by atoms with Crippen molar-refractivity contribution in [1.82, 2.24) is 29.9 Å². The summed E-state index contributed by atoms with van der Waals surface area (Å²) in [4.78, 5) is 36.2. The van der Waals surface area contributed by atoms with Gasteiger partial charge in [0.05, 0.1) is 19.9 Å². The van der Waals surface area contributed by atoms with Crippen LogP contribution in [-0.2, 0) is 6.54 Å². The first-order valence-electron chi connectivity index (χ1n) is 11.0. The number of aryl methyl sites for hydroxylation is 1. The SMILES string of the molecule is COc1ccc(C(=O)Nc2n[nH]c(C)c2CN(C)C(=O)N2C[C@@H]3CCCN3C[C@@H]2C)nc1. The molecule has 0 unspecified atom stereocenters. The number of urea groups is 1. The molecule has 0 spiro atoms. The van der Waals surface area contributed by atoms with Crippen LogP contribution >= 0.6 is 0 Å². The van der Waals surface area contributed by atoms with Gasteiger partial charge in [-0.15, -0.1) is 0 Å². The lowest BCUT2D eigenvalue weighted by Crippen LogP contribution is -2.58. The van der Waals surface area contributed by atoms with E-state index >= 15 is 0 Å². The molecule has 2 aliphatic rings. The van der Waals surface area contributed by atoms with Crippen LogP contribution in [0.3, 0.4) is 0 Å². The number of methoxy groups -OCH3 is 1. The second-order valence-electron chi connectivity index (χ2n) is 8.64. The van der Waals surface area contributed by atoms with Gasteiger partial charge in [0.1, 0.15) is 11.4 Å². The predicted molar refractivity (Wildman–Crippen MR) is 120 cm³/mol. The molecule has 32 heavy (non-hydrogen) atoms. The van der Waals surface area contributed by atoms with Gasteiger partial charge in [-0.2, -0.15) is 5.10 Å². The fraction of sp³-hybridized carbons (Fsp3) is 0.545. The molecule has 0 aromatic carbocycles. The number of fused-ring (bicyclic) bond motifs is 1. The molecule has 0 aliphatic carbocycles. The Labute approximate surface area is 187 Å². The van der Waals surface area contributed by atoms with Crippen LogP contribution < -0.4 is 10.1 Å². The van der Waals surface area contributed by atoms with Gasteiger partial charge in [-0.25, -0.2) is 9.78 Å². The summed E-state index contributed by atoms with van der Waals surface area (Å²) in [7, 11) is 3.33. The minimum atomic E-state index is -0.375. The van der Waals surface area contributed by atoms with E-state index in [1.54, 1.807) is 31.2 Å². The van der Waals surface area contributed by atoms with E-state index in [9.17, 15) is 9.59 Å². The van der Waals surface area contributed by atoms with Crippen molar-refractivity contribution in [2.24, 2.45) is 0 Å². The van der Waals surface area contributed by atoms with Crippen molar-refractivity contribution >= 4 is 17.8 Å². The van der Waals surface area contributed by atoms with Crippen LogP contribution in [0.4, 0.5) is 10.6 Å². The number of aromatic amines is 1. The van der Waals surface area contributed by atoms with Crippen molar-refractivity contribution in [3.05, 3.63) is 35.3 Å². The van der Waals surface area contributed by atoms with Gasteiger partial charge in [-0.3, -0.25) is 14.8 Å². The summed E-state index contributed by atoms with van der Waals surface area (Å²) in [6.07, 6.45) is 3.84. The zero-order chi connectivity index (χ0) is 22.8. The molecule has 10 heteroatoms. The predicted octanol–water partition coefficient (Wildman–Crippen LogP) is 2.09. The number of anilines is 1. The van der Waals surface area contributed by atoms with Gasteiger partial charge in [0.2, 0.25) is 0 Å². The summed E-state index contributed by atoms with van der Waals surface area (Å²) < 4.78 is 5.08. The van der Waals surface area contributed by atoms with Gasteiger partial charge in [0.25, 0.3) is 5.91 Å². The highest BCUT2D eigenvalue weighted by molar-refractivity contribution is 6.02. The summed E-state index contributed by atoms with van der Waals surface area (Å²) in [5.74, 6) is 0.601. The van der Waals surface area contributed by atoms with Crippen molar-refractivity contribution in [2.45, 2.75) is 45.3 Å². The van der Waals surface area contributed by atoms with Gasteiger partial charge in [-0.1, -0.05) is 0 Å². The molecule has 3 amide bonds. The molecule has 4 heterocycles. The molecule has 4 rings (SSSR count). The molecule has 172 valence electrons. The summed E-state index contributed by atoms with van der Waals surface area (Å²) in [6, 6.07) is 3.90. The normalized spacial score (nSPS) is 20.7. The molecule has 2 aliphatic heterocycles. The summed E-state index contributed by atoms with van der Waals surface area (Å²) in [5, 5.41) is 9.95. The van der Waals surface area contributed by atoms with Crippen molar-refractivity contribution < 1.29 is 14.3 Å². The largest absolute Gasteiger partial charge is 0.495 e. The van der Waals surface area contributed by atoms with E-state index in [0.29, 0.717) is 24.2 Å². The van der Waals surface area contributed by atoms with Crippen molar-refractivity contribution in [1.29, 1.82) is 0 Å². The average Bonchev–Trinajstić information content (AvgIpc) is 3.39. The van der Waals surface area contributed by atoms with E-state index in [4.69, 9.17) is 4.74 Å². The van der Waals surface area contributed by atoms with E-state index in [2.05, 4.69) is 32.3 Å². The third kappa shape index (κ3) is 4.40. The number of aromatic nitrogens is 3. The number of nitrogens with zero attached hydrogens (tertiary/aromatic N) is 5. The Kier molecular flexibility index (Phi) is 6.31. The lowest BCUT2D eigenvalue weighted by molar-refractivity contribution is 0.0656. The maximum absolute atomic E-state index is 13.2. The topological polar surface area (TPSA) is 107 Å². The summed E-state index contributed by atoms with van der Waals surface area (Å²) in [6.45, 7) is 7.14. The van der Waals surface area contributed by atoms with Crippen LogP contribution in [0.5, 0.6) is 5.75 Å². The molecule has 2 saturated heterocycles. The Morgan fingerprint density at radius 2 is 2.16 bits per heavy atom. The highest BCUT2D eigenvalue weighted by atomic mass is 16.5. The Morgan fingerprint density at radius 3 is 2.88 bits per heavy atom. The van der Waals surface area contributed by atoms with Crippen LogP contribution in [0.1, 0.15) is 41.5 Å². The molecular formula is C22H31N7O3. The lowest BCUT2D eigenvalue weighted by atomic mass is 10.1. The first-order chi connectivity index (χ1) is 15.4. The number of amides is 3. The minimum Gasteiger partial charge on any atom is -0.495 e. The Balaban J connectivity index is 1.43. The molecule has 0 saturated carbocycles. The number of carbonyl (C=O) groups excluding carboxylic acids is 2. The maximum atomic E-state index is 13.2. The third-order valence-corrected chi connectivity index (χ3v) is 6.42. The van der Waals surface area contributed by atoms with Gasteiger partial charge < -0.3 is 19.9 Å². The molecule has 2 atom stereocenters. The zero-order valence-electron chi connectivity index (χ0n) is 19.1. The minimum absolute atomic E-state index is 0.00116. The second kappa shape index (κ2) is 9.15. The van der Waals surface area contributed by atoms with Crippen molar-refractivity contribution in [2.75, 3.05) is 39.1 Å². The number of H-pyrrole nitrogens is 1. The number of piperazine rings is 1. The van der Waals surface area contributed by atoms with E-state index in [1.165, 1.54) is 12.6 Å². The molecule has 10 nitrogen and oxygen atoms in total. The van der Waals surface area contributed by atoms with Crippen molar-refractivity contribution in [3.63, 3.8) is 0 Å². The number of nitrogens with one attached hydrogen (secondary N) is 2. The van der Waals surface area contributed by atoms with E-state index < -0.39 is 0 Å². The van der Waals surface area contributed by atoms with E-state index in [-0.39, 0.29) is 23.7 Å². The first kappa shape index (κ1) is 22.1. The van der Waals surface area contributed by atoms with Crippen LogP contribution in [-0.4, -0.2) is 87.7 Å². The zero-order valence-corrected chi connectivity index (χ0v) is 19.1. The molecule has 0 bridgehead atoms. The van der Waals surface area contributed by atoms with Gasteiger partial charge in [0, 0.05) is 43.5 Å². The van der Waals surface area contributed by atoms with Crippen LogP contribution in [0.15, 0.2) is 18.3 Å². The number of ether oxygens (including phenoxy) is 1. The quantitative estimate of drug-likeness (QED) is 0.736. The van der Waals surface area contributed by atoms with Crippen LogP contribution in [0.2, 0.25) is 0 Å². The highest BCUT2D eigenvalue weighted by Crippen LogP contribution is 2.26. The van der Waals surface area contributed by atoms with Crippen LogP contribution in [0.25, 0.3) is 0 Å². The lowest BCUT2D eigenvalue weighted by Gasteiger charge is -2.43. The fourth-order valence-electron chi connectivity index (χ4n) is 4.53. The second-order valence-corrected chi connectivity index (χ2v) is 8.64. The summed E-state index contributed by atoms with van der Waals surface area (Å²) in [5.41, 5.74) is 1.83. The van der Waals surface area contributed by atoms with Crippen molar-refractivity contribution in [3.8, 4) is 5.75 Å². The molecular weight excluding hydrogens is 410 g/mol. The van der Waals surface area contributed by atoms with E-state index in [0.717, 1.165) is 37.3 Å². The maximum Gasteiger partial charge on any atom is 0.320 e. The average molecular weight is 442 g/mol. The fourth-order valence-corrected chi connectivity index (χ4v) is 4.53. The molecule has 2 N–H and O–H groups in total. The van der Waals surface area contributed by atoms with Gasteiger partial charge >= 0.3 is 6.03 Å². The first-order valence-corrected chi connectivity index (χ1v) is 11.0. The monoisotopic (exact) mass is 441 g/mol. The number of carbonyl (C=O) groups is 2. The number of hydrogen-bond donors (Lipinski definition) is 2.